The zero-order valence-corrected chi connectivity index (χ0v) is 11.8. The molecule has 1 amide bonds. The van der Waals surface area contributed by atoms with Crippen molar-refractivity contribution in [3.8, 4) is 0 Å². The SMILES string of the molecule is CN1CCCC(CCN(C)C(=O)C2CCNC2)C1. The predicted molar refractivity (Wildman–Crippen MR) is 73.5 cm³/mol. The van der Waals surface area contributed by atoms with Crippen LogP contribution in [0.4, 0.5) is 0 Å². The number of hydrogen-bond donors (Lipinski definition) is 1. The fraction of sp³-hybridized carbons (Fsp3) is 0.929. The van der Waals surface area contributed by atoms with Crippen LogP contribution in [0.5, 0.6) is 0 Å². The Balaban J connectivity index is 1.70. The molecule has 2 saturated heterocycles. The highest BCUT2D eigenvalue weighted by atomic mass is 16.2. The van der Waals surface area contributed by atoms with Gasteiger partial charge in [0.1, 0.15) is 0 Å². The molecule has 0 radical (unpaired) electrons. The lowest BCUT2D eigenvalue weighted by molar-refractivity contribution is -0.133. The van der Waals surface area contributed by atoms with Crippen LogP contribution in [0.15, 0.2) is 0 Å². The largest absolute Gasteiger partial charge is 0.345 e. The molecule has 2 unspecified atom stereocenters. The standard InChI is InChI=1S/C14H27N3O/c1-16-8-3-4-12(11-16)6-9-17(2)14(18)13-5-7-15-10-13/h12-13,15H,3-11H2,1-2H3. The molecule has 2 fully saturated rings. The maximum Gasteiger partial charge on any atom is 0.226 e. The normalized spacial score (nSPS) is 29.4. The first-order chi connectivity index (χ1) is 8.66. The summed E-state index contributed by atoms with van der Waals surface area (Å²) in [5.74, 6) is 1.34. The molecule has 0 aromatic heterocycles. The lowest BCUT2D eigenvalue weighted by Crippen LogP contribution is -2.37. The summed E-state index contributed by atoms with van der Waals surface area (Å²) >= 11 is 0. The smallest absolute Gasteiger partial charge is 0.226 e. The van der Waals surface area contributed by atoms with Crippen molar-refractivity contribution in [3.05, 3.63) is 0 Å². The van der Waals surface area contributed by atoms with E-state index in [1.165, 1.54) is 25.9 Å². The van der Waals surface area contributed by atoms with Gasteiger partial charge in [0.05, 0.1) is 5.92 Å². The Morgan fingerprint density at radius 2 is 2.28 bits per heavy atom. The maximum atomic E-state index is 12.2. The summed E-state index contributed by atoms with van der Waals surface area (Å²) in [4.78, 5) is 16.5. The van der Waals surface area contributed by atoms with Gasteiger partial charge in [-0.3, -0.25) is 4.79 Å². The second kappa shape index (κ2) is 6.53. The minimum Gasteiger partial charge on any atom is -0.345 e. The van der Waals surface area contributed by atoms with Gasteiger partial charge in [-0.2, -0.15) is 0 Å². The van der Waals surface area contributed by atoms with E-state index < -0.39 is 0 Å². The molecule has 2 rings (SSSR count). The number of piperidine rings is 1. The number of carbonyl (C=O) groups is 1. The van der Waals surface area contributed by atoms with Gasteiger partial charge in [-0.05, 0) is 51.7 Å². The molecule has 104 valence electrons. The van der Waals surface area contributed by atoms with Crippen LogP contribution < -0.4 is 5.32 Å². The average molecular weight is 253 g/mol. The molecular formula is C14H27N3O. The van der Waals surface area contributed by atoms with Gasteiger partial charge in [0, 0.05) is 26.7 Å². The summed E-state index contributed by atoms with van der Waals surface area (Å²) in [6.45, 7) is 5.23. The highest BCUT2D eigenvalue weighted by Crippen LogP contribution is 2.19. The Morgan fingerprint density at radius 3 is 2.94 bits per heavy atom. The predicted octanol–water partition coefficient (Wildman–Crippen LogP) is 0.786. The van der Waals surface area contributed by atoms with Crippen molar-refractivity contribution >= 4 is 5.91 Å². The van der Waals surface area contributed by atoms with Crippen molar-refractivity contribution in [3.63, 3.8) is 0 Å². The summed E-state index contributed by atoms with van der Waals surface area (Å²) in [7, 11) is 4.17. The van der Waals surface area contributed by atoms with Gasteiger partial charge in [0.25, 0.3) is 0 Å². The van der Waals surface area contributed by atoms with Crippen LogP contribution >= 0.6 is 0 Å². The molecule has 0 spiro atoms. The molecule has 0 aliphatic carbocycles. The summed E-state index contributed by atoms with van der Waals surface area (Å²) in [5.41, 5.74) is 0. The molecule has 0 saturated carbocycles. The number of nitrogens with one attached hydrogen (secondary N) is 1. The minimum atomic E-state index is 0.226. The third-order valence-corrected chi connectivity index (χ3v) is 4.38. The second-order valence-corrected chi connectivity index (χ2v) is 6.01. The molecular weight excluding hydrogens is 226 g/mol. The molecule has 2 heterocycles. The molecule has 18 heavy (non-hydrogen) atoms. The summed E-state index contributed by atoms with van der Waals surface area (Å²) < 4.78 is 0. The second-order valence-electron chi connectivity index (χ2n) is 6.01. The minimum absolute atomic E-state index is 0.226. The third kappa shape index (κ3) is 3.69. The first-order valence-corrected chi connectivity index (χ1v) is 7.31. The molecule has 1 N–H and O–H groups in total. The fourth-order valence-electron chi connectivity index (χ4n) is 3.17. The zero-order chi connectivity index (χ0) is 13.0. The quantitative estimate of drug-likeness (QED) is 0.804. The molecule has 0 aromatic carbocycles. The van der Waals surface area contributed by atoms with E-state index in [4.69, 9.17) is 0 Å². The van der Waals surface area contributed by atoms with E-state index in [1.807, 2.05) is 11.9 Å². The third-order valence-electron chi connectivity index (χ3n) is 4.38. The van der Waals surface area contributed by atoms with Gasteiger partial charge in [-0.15, -0.1) is 0 Å². The van der Waals surface area contributed by atoms with Crippen LogP contribution in [-0.2, 0) is 4.79 Å². The highest BCUT2D eigenvalue weighted by molar-refractivity contribution is 5.79. The van der Waals surface area contributed by atoms with E-state index in [2.05, 4.69) is 17.3 Å². The number of nitrogens with zero attached hydrogens (tertiary/aromatic N) is 2. The number of rotatable bonds is 4. The topological polar surface area (TPSA) is 35.6 Å². The van der Waals surface area contributed by atoms with Gasteiger partial charge in [-0.1, -0.05) is 0 Å². The van der Waals surface area contributed by atoms with Gasteiger partial charge >= 0.3 is 0 Å². The van der Waals surface area contributed by atoms with Crippen LogP contribution in [-0.4, -0.2) is 62.5 Å². The summed E-state index contributed by atoms with van der Waals surface area (Å²) in [5, 5.41) is 3.27. The lowest BCUT2D eigenvalue weighted by atomic mass is 9.95. The number of amides is 1. The van der Waals surface area contributed by atoms with Gasteiger partial charge in [0.2, 0.25) is 5.91 Å². The first-order valence-electron chi connectivity index (χ1n) is 7.31. The monoisotopic (exact) mass is 253 g/mol. The van der Waals surface area contributed by atoms with Crippen molar-refractivity contribution in [1.29, 1.82) is 0 Å². The molecule has 4 heteroatoms. The summed E-state index contributed by atoms with van der Waals surface area (Å²) in [6.07, 6.45) is 4.81. The van der Waals surface area contributed by atoms with Gasteiger partial charge in [0.15, 0.2) is 0 Å². The Hall–Kier alpha value is -0.610. The van der Waals surface area contributed by atoms with E-state index in [9.17, 15) is 4.79 Å². The zero-order valence-electron chi connectivity index (χ0n) is 11.8. The Labute approximate surface area is 111 Å². The lowest BCUT2D eigenvalue weighted by Gasteiger charge is -2.31. The maximum absolute atomic E-state index is 12.2. The van der Waals surface area contributed by atoms with Crippen LogP contribution in [0.2, 0.25) is 0 Å². The van der Waals surface area contributed by atoms with E-state index >= 15 is 0 Å². The molecule has 0 aromatic rings. The average Bonchev–Trinajstić information content (AvgIpc) is 2.89. The number of hydrogen-bond acceptors (Lipinski definition) is 3. The van der Waals surface area contributed by atoms with E-state index in [1.54, 1.807) is 0 Å². The van der Waals surface area contributed by atoms with Crippen LogP contribution in [0, 0.1) is 11.8 Å². The van der Waals surface area contributed by atoms with E-state index in [0.717, 1.165) is 38.4 Å². The molecule has 2 aliphatic heterocycles. The van der Waals surface area contributed by atoms with Crippen molar-refractivity contribution in [2.75, 3.05) is 46.8 Å². The highest BCUT2D eigenvalue weighted by Gasteiger charge is 2.26. The van der Waals surface area contributed by atoms with Crippen molar-refractivity contribution in [2.24, 2.45) is 11.8 Å². The molecule has 0 bridgehead atoms. The molecule has 2 aliphatic rings. The molecule has 2 atom stereocenters. The Morgan fingerprint density at radius 1 is 1.44 bits per heavy atom. The van der Waals surface area contributed by atoms with E-state index in [0.29, 0.717) is 5.91 Å². The summed E-state index contributed by atoms with van der Waals surface area (Å²) in [6, 6.07) is 0. The van der Waals surface area contributed by atoms with Crippen LogP contribution in [0.25, 0.3) is 0 Å². The van der Waals surface area contributed by atoms with Crippen molar-refractivity contribution in [1.82, 2.24) is 15.1 Å². The van der Waals surface area contributed by atoms with Crippen LogP contribution in [0.3, 0.4) is 0 Å². The van der Waals surface area contributed by atoms with Gasteiger partial charge in [-0.25, -0.2) is 0 Å². The molecule has 4 nitrogen and oxygen atoms in total. The number of likely N-dealkylation sites (tertiary alicyclic amines) is 1. The number of carbonyl (C=O) groups excluding carboxylic acids is 1. The van der Waals surface area contributed by atoms with Crippen molar-refractivity contribution < 1.29 is 4.79 Å². The van der Waals surface area contributed by atoms with Crippen LogP contribution in [0.1, 0.15) is 25.7 Å². The van der Waals surface area contributed by atoms with Gasteiger partial charge < -0.3 is 15.1 Å². The fourth-order valence-corrected chi connectivity index (χ4v) is 3.17. The first kappa shape index (κ1) is 13.8. The van der Waals surface area contributed by atoms with Crippen molar-refractivity contribution in [2.45, 2.75) is 25.7 Å². The Kier molecular flexibility index (Phi) is 5.01. The Bertz CT molecular complexity index is 276. The van der Waals surface area contributed by atoms with E-state index in [-0.39, 0.29) is 5.92 Å².